The molecule has 16 heavy (non-hydrogen) atoms. The van der Waals surface area contributed by atoms with E-state index in [2.05, 4.69) is 0 Å². The smallest absolute Gasteiger partial charge is 0.398 e. The molecule has 0 radical (unpaired) electrons. The normalized spacial score (nSPS) is 13.8. The maximum absolute atomic E-state index is 12.5. The molecule has 4 N–H and O–H groups in total. The number of benzene rings is 1. The fourth-order valence-corrected chi connectivity index (χ4v) is 1.40. The molecule has 0 aromatic heterocycles. The molecule has 0 bridgehead atoms. The molecule has 1 atom stereocenters. The molecule has 0 aliphatic rings. The lowest BCUT2D eigenvalue weighted by Gasteiger charge is -2.16. The molecular formula is C10H12F3NO2. The third kappa shape index (κ3) is 2.65. The number of halogens is 3. The first-order valence-electron chi connectivity index (χ1n) is 4.62. The topological polar surface area (TPSA) is 66.5 Å². The van der Waals surface area contributed by atoms with Crippen molar-refractivity contribution >= 4 is 5.69 Å². The standard InChI is InChI=1S/C10H12F3NO2/c11-10(12,13)7-3-1-2-6(9(7)14)8(16)4-5-15/h1-3,8,15-16H,4-5,14H2. The van der Waals surface area contributed by atoms with Gasteiger partial charge in [-0.05, 0) is 6.07 Å². The lowest BCUT2D eigenvalue weighted by atomic mass is 10.0. The molecule has 0 fully saturated rings. The predicted octanol–water partition coefficient (Wildman–Crippen LogP) is 1.70. The third-order valence-electron chi connectivity index (χ3n) is 2.21. The molecule has 6 heteroatoms. The molecule has 1 aromatic carbocycles. The first-order chi connectivity index (χ1) is 7.38. The Morgan fingerprint density at radius 3 is 2.44 bits per heavy atom. The van der Waals surface area contributed by atoms with Crippen LogP contribution in [0.5, 0.6) is 0 Å². The Morgan fingerprint density at radius 1 is 1.31 bits per heavy atom. The van der Waals surface area contributed by atoms with Gasteiger partial charge in [-0.25, -0.2) is 0 Å². The zero-order chi connectivity index (χ0) is 12.3. The van der Waals surface area contributed by atoms with Crippen LogP contribution in [0.1, 0.15) is 23.7 Å². The molecule has 3 nitrogen and oxygen atoms in total. The van der Waals surface area contributed by atoms with Crippen LogP contribution in [0.2, 0.25) is 0 Å². The minimum atomic E-state index is -4.54. The number of hydrogen-bond donors (Lipinski definition) is 3. The molecule has 1 unspecified atom stereocenters. The first kappa shape index (κ1) is 12.8. The summed E-state index contributed by atoms with van der Waals surface area (Å²) in [5.41, 5.74) is 3.87. The summed E-state index contributed by atoms with van der Waals surface area (Å²) < 4.78 is 37.4. The molecule has 0 saturated heterocycles. The van der Waals surface area contributed by atoms with E-state index in [9.17, 15) is 18.3 Å². The van der Waals surface area contributed by atoms with E-state index in [1.165, 1.54) is 12.1 Å². The van der Waals surface area contributed by atoms with Crippen LogP contribution in [0.3, 0.4) is 0 Å². The maximum Gasteiger partial charge on any atom is 0.418 e. The number of aliphatic hydroxyl groups is 2. The van der Waals surface area contributed by atoms with Gasteiger partial charge in [-0.2, -0.15) is 13.2 Å². The Hall–Kier alpha value is -1.27. The van der Waals surface area contributed by atoms with E-state index in [0.717, 1.165) is 6.07 Å². The van der Waals surface area contributed by atoms with Gasteiger partial charge in [0, 0.05) is 24.3 Å². The summed E-state index contributed by atoms with van der Waals surface area (Å²) in [6.45, 7) is -0.323. The first-order valence-corrected chi connectivity index (χ1v) is 4.62. The van der Waals surface area contributed by atoms with Crippen molar-refractivity contribution in [2.24, 2.45) is 0 Å². The summed E-state index contributed by atoms with van der Waals surface area (Å²) >= 11 is 0. The van der Waals surface area contributed by atoms with Crippen LogP contribution in [0, 0.1) is 0 Å². The number of para-hydroxylation sites is 1. The number of alkyl halides is 3. The summed E-state index contributed by atoms with van der Waals surface area (Å²) in [5.74, 6) is 0. The molecule has 0 aliphatic heterocycles. The Morgan fingerprint density at radius 2 is 1.94 bits per heavy atom. The molecule has 1 rings (SSSR count). The molecule has 1 aromatic rings. The minimum absolute atomic E-state index is 0.0103. The third-order valence-corrected chi connectivity index (χ3v) is 2.21. The average Bonchev–Trinajstić information content (AvgIpc) is 2.16. The van der Waals surface area contributed by atoms with E-state index >= 15 is 0 Å². The summed E-state index contributed by atoms with van der Waals surface area (Å²) in [6, 6.07) is 3.34. The zero-order valence-corrected chi connectivity index (χ0v) is 8.33. The van der Waals surface area contributed by atoms with Crippen LogP contribution >= 0.6 is 0 Å². The second kappa shape index (κ2) is 4.71. The lowest BCUT2D eigenvalue weighted by molar-refractivity contribution is -0.137. The summed E-state index contributed by atoms with van der Waals surface area (Å²) in [6.07, 6.45) is -5.78. The van der Waals surface area contributed by atoms with Gasteiger partial charge in [-0.15, -0.1) is 0 Å². The molecule has 0 heterocycles. The van der Waals surface area contributed by atoms with E-state index in [1.807, 2.05) is 0 Å². The van der Waals surface area contributed by atoms with Gasteiger partial charge in [0.2, 0.25) is 0 Å². The summed E-state index contributed by atoms with van der Waals surface area (Å²) in [4.78, 5) is 0. The molecule has 0 spiro atoms. The van der Waals surface area contributed by atoms with Crippen molar-refractivity contribution in [1.82, 2.24) is 0 Å². The van der Waals surface area contributed by atoms with Crippen molar-refractivity contribution in [3.8, 4) is 0 Å². The number of anilines is 1. The number of aliphatic hydroxyl groups excluding tert-OH is 2. The predicted molar refractivity (Wildman–Crippen MR) is 52.5 cm³/mol. The second-order valence-electron chi connectivity index (χ2n) is 3.33. The van der Waals surface area contributed by atoms with Crippen molar-refractivity contribution in [2.75, 3.05) is 12.3 Å². The second-order valence-corrected chi connectivity index (χ2v) is 3.33. The molecule has 0 saturated carbocycles. The Labute approximate surface area is 90.3 Å². The fourth-order valence-electron chi connectivity index (χ4n) is 1.40. The van der Waals surface area contributed by atoms with Crippen molar-refractivity contribution in [3.63, 3.8) is 0 Å². The largest absolute Gasteiger partial charge is 0.418 e. The number of nitrogen functional groups attached to an aromatic ring is 1. The van der Waals surface area contributed by atoms with Gasteiger partial charge in [0.25, 0.3) is 0 Å². The van der Waals surface area contributed by atoms with Crippen molar-refractivity contribution in [2.45, 2.75) is 18.7 Å². The highest BCUT2D eigenvalue weighted by Crippen LogP contribution is 2.37. The Balaban J connectivity index is 3.14. The molecule has 0 amide bonds. The zero-order valence-electron chi connectivity index (χ0n) is 8.33. The van der Waals surface area contributed by atoms with Gasteiger partial charge in [-0.1, -0.05) is 12.1 Å². The maximum atomic E-state index is 12.5. The van der Waals surface area contributed by atoms with Gasteiger partial charge in [0.05, 0.1) is 11.7 Å². The van der Waals surface area contributed by atoms with Crippen LogP contribution in [0.25, 0.3) is 0 Å². The van der Waals surface area contributed by atoms with Gasteiger partial charge in [0.15, 0.2) is 0 Å². The van der Waals surface area contributed by atoms with Gasteiger partial charge < -0.3 is 15.9 Å². The molecule has 0 aliphatic carbocycles. The van der Waals surface area contributed by atoms with E-state index in [1.54, 1.807) is 0 Å². The highest BCUT2D eigenvalue weighted by atomic mass is 19.4. The summed E-state index contributed by atoms with van der Waals surface area (Å²) in [5, 5.41) is 18.1. The van der Waals surface area contributed by atoms with E-state index in [-0.39, 0.29) is 18.6 Å². The van der Waals surface area contributed by atoms with E-state index < -0.39 is 23.5 Å². The SMILES string of the molecule is Nc1c(C(O)CCO)cccc1C(F)(F)F. The van der Waals surface area contributed by atoms with E-state index in [4.69, 9.17) is 10.8 Å². The molecule has 90 valence electrons. The quantitative estimate of drug-likeness (QED) is 0.698. The lowest BCUT2D eigenvalue weighted by Crippen LogP contribution is -2.12. The number of nitrogens with two attached hydrogens (primary N) is 1. The van der Waals surface area contributed by atoms with Crippen LogP contribution < -0.4 is 5.73 Å². The van der Waals surface area contributed by atoms with Gasteiger partial charge >= 0.3 is 6.18 Å². The van der Waals surface area contributed by atoms with Crippen molar-refractivity contribution in [3.05, 3.63) is 29.3 Å². The van der Waals surface area contributed by atoms with Crippen LogP contribution in [0.4, 0.5) is 18.9 Å². The van der Waals surface area contributed by atoms with Crippen LogP contribution in [-0.4, -0.2) is 16.8 Å². The number of rotatable bonds is 3. The van der Waals surface area contributed by atoms with Gasteiger partial charge in [0.1, 0.15) is 0 Å². The van der Waals surface area contributed by atoms with Crippen molar-refractivity contribution < 1.29 is 23.4 Å². The minimum Gasteiger partial charge on any atom is -0.398 e. The number of hydrogen-bond acceptors (Lipinski definition) is 3. The average molecular weight is 235 g/mol. The van der Waals surface area contributed by atoms with Crippen molar-refractivity contribution in [1.29, 1.82) is 0 Å². The monoisotopic (exact) mass is 235 g/mol. The van der Waals surface area contributed by atoms with Crippen LogP contribution in [0.15, 0.2) is 18.2 Å². The highest BCUT2D eigenvalue weighted by molar-refractivity contribution is 5.56. The Bertz CT molecular complexity index is 366. The Kier molecular flexibility index (Phi) is 3.77. The highest BCUT2D eigenvalue weighted by Gasteiger charge is 2.34. The molecular weight excluding hydrogens is 223 g/mol. The summed E-state index contributed by atoms with van der Waals surface area (Å²) in [7, 11) is 0. The van der Waals surface area contributed by atoms with E-state index in [0.29, 0.717) is 0 Å². The van der Waals surface area contributed by atoms with Crippen LogP contribution in [-0.2, 0) is 6.18 Å². The fraction of sp³-hybridized carbons (Fsp3) is 0.400. The van der Waals surface area contributed by atoms with Gasteiger partial charge in [-0.3, -0.25) is 0 Å².